The first-order valence-corrected chi connectivity index (χ1v) is 13.9. The highest BCUT2D eigenvalue weighted by Crippen LogP contribution is 2.35. The Hall–Kier alpha value is -2.55. The third-order valence-corrected chi connectivity index (χ3v) is 8.71. The molecule has 186 valence electrons. The van der Waals surface area contributed by atoms with Crippen molar-refractivity contribution in [2.75, 3.05) is 23.3 Å². The quantitative estimate of drug-likeness (QED) is 0.308. The highest BCUT2D eigenvalue weighted by molar-refractivity contribution is 14.2. The summed E-state index contributed by atoms with van der Waals surface area (Å²) in [5.74, 6) is -0.672. The Balaban J connectivity index is 1.76. The first kappa shape index (κ1) is 25.5. The molecule has 1 saturated heterocycles. The molecular formula is C25H29ClIN5O3. The third-order valence-electron chi connectivity index (χ3n) is 5.87. The molecule has 2 aromatic rings. The number of halogens is 2. The fourth-order valence-electron chi connectivity index (χ4n) is 4.32. The molecule has 0 spiro atoms. The number of piperidine rings is 1. The van der Waals surface area contributed by atoms with Gasteiger partial charge in [0.1, 0.15) is 22.8 Å². The zero-order valence-electron chi connectivity index (χ0n) is 19.9. The Morgan fingerprint density at radius 3 is 2.40 bits per heavy atom. The molecule has 0 atom stereocenters. The van der Waals surface area contributed by atoms with Gasteiger partial charge in [0.2, 0.25) is 5.76 Å². The van der Waals surface area contributed by atoms with Crippen LogP contribution in [0.5, 0.6) is 0 Å². The maximum Gasteiger partial charge on any atom is 0.208 e. The Bertz CT molecular complexity index is 1320. The zero-order chi connectivity index (χ0) is 25.3. The summed E-state index contributed by atoms with van der Waals surface area (Å²) in [4.78, 5) is 6.69. The largest absolute Gasteiger partial charge is 0.503 e. The summed E-state index contributed by atoms with van der Waals surface area (Å²) in [6, 6.07) is 10.0. The van der Waals surface area contributed by atoms with E-state index in [9.17, 15) is 20.6 Å². The summed E-state index contributed by atoms with van der Waals surface area (Å²) < 4.78 is 0.416. The average Bonchev–Trinajstić information content (AvgIpc) is 2.81. The van der Waals surface area contributed by atoms with Crippen LogP contribution >= 0.6 is 32.3 Å². The Morgan fingerprint density at radius 2 is 1.80 bits per heavy atom. The number of pyridine rings is 1. The van der Waals surface area contributed by atoms with Gasteiger partial charge in [-0.2, -0.15) is 5.26 Å². The second-order valence-corrected chi connectivity index (χ2v) is 12.8. The minimum atomic E-state index is -1.22. The molecule has 10 heteroatoms. The van der Waals surface area contributed by atoms with Gasteiger partial charge < -0.3 is 30.9 Å². The molecule has 2 aliphatic heterocycles. The minimum Gasteiger partial charge on any atom is -0.503 e. The van der Waals surface area contributed by atoms with Crippen molar-refractivity contribution in [2.24, 2.45) is 0 Å². The van der Waals surface area contributed by atoms with Gasteiger partial charge in [0.25, 0.3) is 0 Å². The summed E-state index contributed by atoms with van der Waals surface area (Å²) in [5, 5.41) is 49.1. The minimum absolute atomic E-state index is 0.0135. The SMILES string of the molecule is CC(C)(C)NC1CCN(c2c(C#N)c(NCc3ccc(Cl)cc3)nc3c2=IC(O)=C(O)C=3O)CC1. The number of rotatable bonds is 5. The van der Waals surface area contributed by atoms with Crippen LogP contribution in [0.1, 0.15) is 44.7 Å². The number of nitrogens with zero attached hydrogens (tertiary/aromatic N) is 3. The summed E-state index contributed by atoms with van der Waals surface area (Å²) in [6.45, 7) is 8.28. The molecule has 3 heterocycles. The van der Waals surface area contributed by atoms with E-state index in [2.05, 4.69) is 47.4 Å². The van der Waals surface area contributed by atoms with Gasteiger partial charge in [-0.25, -0.2) is 4.98 Å². The molecule has 1 aromatic heterocycles. The van der Waals surface area contributed by atoms with Crippen LogP contribution in [0.15, 0.2) is 33.8 Å². The highest BCUT2D eigenvalue weighted by atomic mass is 127. The molecule has 0 saturated carbocycles. The molecule has 1 fully saturated rings. The first-order chi connectivity index (χ1) is 16.6. The van der Waals surface area contributed by atoms with E-state index in [1.807, 2.05) is 12.1 Å². The molecule has 35 heavy (non-hydrogen) atoms. The van der Waals surface area contributed by atoms with E-state index in [-0.39, 0.29) is 14.7 Å². The number of nitriles is 1. The number of benzene rings is 1. The van der Waals surface area contributed by atoms with Crippen molar-refractivity contribution in [2.45, 2.75) is 51.7 Å². The molecule has 1 aromatic carbocycles. The average molecular weight is 610 g/mol. The molecule has 0 unspecified atom stereocenters. The van der Waals surface area contributed by atoms with E-state index in [1.54, 1.807) is 12.1 Å². The van der Waals surface area contributed by atoms with Crippen molar-refractivity contribution in [3.63, 3.8) is 0 Å². The standard InChI is InChI=1S/C25H29ClIN5O3/c1-25(2,3)31-16-8-10-32(11-9-16)20-17(12-28)24(29-13-14-4-6-15(26)7-5-14)30-19-18(20)27-23(35)22(34)21(19)33/h4-7,16,31,33-35H,8-11,13H2,1-3H3,(H,29,30). The molecule has 0 radical (unpaired) electrons. The topological polar surface area (TPSA) is 125 Å². The number of nitrogens with one attached hydrogen (secondary N) is 2. The van der Waals surface area contributed by atoms with Crippen molar-refractivity contribution < 1.29 is 15.3 Å². The van der Waals surface area contributed by atoms with Crippen molar-refractivity contribution in [3.8, 4) is 6.07 Å². The summed E-state index contributed by atoms with van der Waals surface area (Å²) in [7, 11) is 0. The predicted octanol–water partition coefficient (Wildman–Crippen LogP) is 4.76. The van der Waals surface area contributed by atoms with Gasteiger partial charge in [0.05, 0.1) is 8.84 Å². The van der Waals surface area contributed by atoms with Crippen LogP contribution in [0.3, 0.4) is 0 Å². The Morgan fingerprint density at radius 1 is 1.14 bits per heavy atom. The van der Waals surface area contributed by atoms with Crippen LogP contribution in [0, 0.1) is 14.5 Å². The zero-order valence-corrected chi connectivity index (χ0v) is 22.8. The van der Waals surface area contributed by atoms with E-state index < -0.39 is 32.2 Å². The van der Waals surface area contributed by atoms with Crippen LogP contribution in [-0.4, -0.2) is 45.0 Å². The van der Waals surface area contributed by atoms with Gasteiger partial charge in [0, 0.05) is 36.2 Å². The molecule has 0 bridgehead atoms. The van der Waals surface area contributed by atoms with Gasteiger partial charge in [-0.05, 0) is 72.0 Å². The van der Waals surface area contributed by atoms with E-state index >= 15 is 0 Å². The maximum atomic E-state index is 10.6. The second-order valence-electron chi connectivity index (χ2n) is 9.68. The smallest absolute Gasteiger partial charge is 0.208 e. The van der Waals surface area contributed by atoms with Gasteiger partial charge in [0.15, 0.2) is 9.53 Å². The number of fused-ring (bicyclic) bond motifs is 1. The molecule has 2 aliphatic rings. The van der Waals surface area contributed by atoms with Gasteiger partial charge in [-0.15, -0.1) is 0 Å². The Kier molecular flexibility index (Phi) is 7.45. The number of aliphatic hydroxyl groups is 3. The number of anilines is 2. The normalized spacial score (nSPS) is 16.8. The molecule has 4 rings (SSSR count). The summed E-state index contributed by atoms with van der Waals surface area (Å²) in [6.07, 6.45) is 1.79. The molecule has 0 amide bonds. The molecular weight excluding hydrogens is 581 g/mol. The molecule has 5 N–H and O–H groups in total. The number of aliphatic hydroxyl groups excluding tert-OH is 3. The molecule has 0 aliphatic carbocycles. The first-order valence-electron chi connectivity index (χ1n) is 11.4. The van der Waals surface area contributed by atoms with Crippen LogP contribution in [-0.2, 0) is 6.54 Å². The fraction of sp³-hybridized carbons (Fsp3) is 0.400. The van der Waals surface area contributed by atoms with Gasteiger partial charge >= 0.3 is 0 Å². The third kappa shape index (κ3) is 5.66. The number of aromatic nitrogens is 1. The van der Waals surface area contributed by atoms with Crippen LogP contribution in [0.2, 0.25) is 5.02 Å². The lowest BCUT2D eigenvalue weighted by Gasteiger charge is -2.38. The van der Waals surface area contributed by atoms with E-state index in [0.29, 0.717) is 37.8 Å². The van der Waals surface area contributed by atoms with E-state index in [4.69, 9.17) is 11.6 Å². The lowest BCUT2D eigenvalue weighted by atomic mass is 9.99. The predicted molar refractivity (Wildman–Crippen MR) is 147 cm³/mol. The second kappa shape index (κ2) is 10.2. The van der Waals surface area contributed by atoms with E-state index in [0.717, 1.165) is 31.5 Å². The summed E-state index contributed by atoms with van der Waals surface area (Å²) >= 11 is 4.77. The van der Waals surface area contributed by atoms with Crippen molar-refractivity contribution in [1.82, 2.24) is 10.3 Å². The number of hydrogen-bond donors (Lipinski definition) is 5. The lowest BCUT2D eigenvalue weighted by molar-refractivity contribution is 0.317. The van der Waals surface area contributed by atoms with Crippen molar-refractivity contribution >= 4 is 49.6 Å². The van der Waals surface area contributed by atoms with Crippen molar-refractivity contribution in [3.05, 3.63) is 58.4 Å². The van der Waals surface area contributed by atoms with E-state index in [1.165, 1.54) is 0 Å². The lowest BCUT2D eigenvalue weighted by Crippen LogP contribution is -2.49. The van der Waals surface area contributed by atoms with Crippen LogP contribution in [0.4, 0.5) is 11.5 Å². The summed E-state index contributed by atoms with van der Waals surface area (Å²) in [5.41, 5.74) is 2.03. The van der Waals surface area contributed by atoms with Gasteiger partial charge in [-0.3, -0.25) is 0 Å². The van der Waals surface area contributed by atoms with Crippen LogP contribution < -0.4 is 20.9 Å². The van der Waals surface area contributed by atoms with Gasteiger partial charge in [-0.1, -0.05) is 23.7 Å². The fourth-order valence-corrected chi connectivity index (χ4v) is 6.97. The maximum absolute atomic E-state index is 10.6. The van der Waals surface area contributed by atoms with Crippen LogP contribution in [0.25, 0.3) is 5.76 Å². The highest BCUT2D eigenvalue weighted by Gasteiger charge is 2.29. The monoisotopic (exact) mass is 609 g/mol. The number of hydrogen-bond acceptors (Lipinski definition) is 8. The molecule has 8 nitrogen and oxygen atoms in total. The van der Waals surface area contributed by atoms with Crippen molar-refractivity contribution in [1.29, 1.82) is 5.26 Å². The Labute approximate surface area is 219 Å².